The van der Waals surface area contributed by atoms with Crippen LogP contribution in [-0.4, -0.2) is 40.6 Å². The summed E-state index contributed by atoms with van der Waals surface area (Å²) in [4.78, 5) is 1.64. The van der Waals surface area contributed by atoms with Crippen molar-refractivity contribution in [1.29, 1.82) is 0 Å². The summed E-state index contributed by atoms with van der Waals surface area (Å²) in [7, 11) is 0. The lowest BCUT2D eigenvalue weighted by Gasteiger charge is -2.35. The zero-order chi connectivity index (χ0) is 24.8. The van der Waals surface area contributed by atoms with E-state index in [2.05, 4.69) is 6.58 Å². The number of hydrogen-bond donors (Lipinski definition) is 2. The van der Waals surface area contributed by atoms with Crippen LogP contribution in [0.25, 0.3) is 0 Å². The molecule has 0 aromatic heterocycles. The molecule has 0 heterocycles. The zero-order valence-electron chi connectivity index (χ0n) is 17.8. The van der Waals surface area contributed by atoms with Crippen molar-refractivity contribution in [3.63, 3.8) is 0 Å². The van der Waals surface area contributed by atoms with Gasteiger partial charge in [-0.25, -0.2) is 0 Å². The summed E-state index contributed by atoms with van der Waals surface area (Å²) in [6.45, 7) is 4.81. The van der Waals surface area contributed by atoms with Crippen molar-refractivity contribution in [2.45, 2.75) is 44.3 Å². The fourth-order valence-electron chi connectivity index (χ4n) is 3.39. The van der Waals surface area contributed by atoms with Gasteiger partial charge in [-0.2, -0.15) is 26.3 Å². The summed E-state index contributed by atoms with van der Waals surface area (Å²) in [5.41, 5.74) is -2.75. The molecule has 182 valence electrons. The highest BCUT2D eigenvalue weighted by atomic mass is 19.4. The van der Waals surface area contributed by atoms with Crippen LogP contribution in [0.2, 0.25) is 0 Å². The van der Waals surface area contributed by atoms with Crippen molar-refractivity contribution in [1.82, 2.24) is 4.90 Å². The van der Waals surface area contributed by atoms with Crippen LogP contribution in [0.3, 0.4) is 0 Å². The average Bonchev–Trinajstić information content (AvgIpc) is 2.71. The Morgan fingerprint density at radius 2 is 1.52 bits per heavy atom. The van der Waals surface area contributed by atoms with Gasteiger partial charge in [-0.1, -0.05) is 36.4 Å². The van der Waals surface area contributed by atoms with Gasteiger partial charge in [0, 0.05) is 13.1 Å². The molecule has 0 saturated carbocycles. The van der Waals surface area contributed by atoms with E-state index in [1.54, 1.807) is 35.2 Å². The van der Waals surface area contributed by atoms with Crippen LogP contribution < -0.4 is 0 Å². The normalized spacial score (nSPS) is 15.3. The van der Waals surface area contributed by atoms with Gasteiger partial charge in [0.1, 0.15) is 0 Å². The summed E-state index contributed by atoms with van der Waals surface area (Å²) >= 11 is 0. The molecule has 1 unspecified atom stereocenters. The molecule has 2 rings (SSSR count). The second kappa shape index (κ2) is 11.1. The van der Waals surface area contributed by atoms with Crippen LogP contribution in [0.1, 0.15) is 35.2 Å². The molecule has 4 nitrogen and oxygen atoms in total. The average molecular weight is 477 g/mol. The molecule has 2 N–H and O–H groups in total. The summed E-state index contributed by atoms with van der Waals surface area (Å²) in [6, 6.07) is 8.77. The molecule has 0 spiro atoms. The molecule has 33 heavy (non-hydrogen) atoms. The van der Waals surface area contributed by atoms with E-state index in [0.717, 1.165) is 0 Å². The predicted octanol–water partition coefficient (Wildman–Crippen LogP) is 5.17. The molecule has 10 heteroatoms. The molecule has 0 bridgehead atoms. The maximum Gasteiger partial charge on any atom is 0.416 e. The molecular weight excluding hydrogens is 452 g/mol. The summed E-state index contributed by atoms with van der Waals surface area (Å²) in [5, 5.41) is 20.6. The first-order valence-corrected chi connectivity index (χ1v) is 9.99. The van der Waals surface area contributed by atoms with Gasteiger partial charge in [-0.3, -0.25) is 4.90 Å². The number of aliphatic hydroxyl groups is 2. The third kappa shape index (κ3) is 7.85. The number of rotatable bonds is 10. The van der Waals surface area contributed by atoms with Gasteiger partial charge in [0.25, 0.3) is 0 Å². The third-order valence-electron chi connectivity index (χ3n) is 4.74. The number of aliphatic hydroxyl groups excluding tert-OH is 2. The Kier molecular flexibility index (Phi) is 9.07. The van der Waals surface area contributed by atoms with E-state index >= 15 is 0 Å². The Morgan fingerprint density at radius 1 is 0.970 bits per heavy atom. The van der Waals surface area contributed by atoms with Crippen molar-refractivity contribution < 1.29 is 41.3 Å². The molecule has 3 atom stereocenters. The maximum absolute atomic E-state index is 13.1. The predicted molar refractivity (Wildman–Crippen MR) is 110 cm³/mol. The molecule has 0 aliphatic heterocycles. The number of alkyl halides is 6. The fourth-order valence-corrected chi connectivity index (χ4v) is 3.39. The van der Waals surface area contributed by atoms with Crippen LogP contribution in [0.4, 0.5) is 26.3 Å². The molecular formula is C23H25F6NO3. The van der Waals surface area contributed by atoms with Gasteiger partial charge >= 0.3 is 12.4 Å². The van der Waals surface area contributed by atoms with Gasteiger partial charge < -0.3 is 14.9 Å². The molecule has 2 aromatic rings. The van der Waals surface area contributed by atoms with Crippen LogP contribution in [0, 0.1) is 0 Å². The Hall–Kier alpha value is -2.40. The molecule has 2 aromatic carbocycles. The van der Waals surface area contributed by atoms with Crippen molar-refractivity contribution in [3.8, 4) is 0 Å². The van der Waals surface area contributed by atoms with E-state index in [4.69, 9.17) is 4.74 Å². The quantitative estimate of drug-likeness (QED) is 0.282. The number of ether oxygens (including phenoxy) is 1. The Labute approximate surface area is 187 Å². The zero-order valence-corrected chi connectivity index (χ0v) is 17.8. The third-order valence-corrected chi connectivity index (χ3v) is 4.74. The summed E-state index contributed by atoms with van der Waals surface area (Å²) in [6.07, 6.45) is -10.9. The van der Waals surface area contributed by atoms with E-state index < -0.39 is 54.1 Å². The van der Waals surface area contributed by atoms with Gasteiger partial charge in [0.05, 0.1) is 29.9 Å². The molecule has 0 fully saturated rings. The van der Waals surface area contributed by atoms with Gasteiger partial charge in [-0.05, 0) is 36.2 Å². The van der Waals surface area contributed by atoms with E-state index in [1.165, 1.54) is 13.0 Å². The van der Waals surface area contributed by atoms with Crippen molar-refractivity contribution >= 4 is 0 Å². The topological polar surface area (TPSA) is 52.9 Å². The minimum absolute atomic E-state index is 0.0289. The lowest BCUT2D eigenvalue weighted by atomic mass is 10.0. The lowest BCUT2D eigenvalue weighted by Crippen LogP contribution is -2.41. The summed E-state index contributed by atoms with van der Waals surface area (Å²) in [5.74, 6) is 0. The van der Waals surface area contributed by atoms with Crippen molar-refractivity contribution in [3.05, 3.63) is 83.4 Å². The molecule has 0 aliphatic carbocycles. The van der Waals surface area contributed by atoms with Crippen LogP contribution in [-0.2, 0) is 23.7 Å². The Bertz CT molecular complexity index is 867. The molecule has 0 amide bonds. The van der Waals surface area contributed by atoms with E-state index in [0.29, 0.717) is 17.7 Å². The van der Waals surface area contributed by atoms with Crippen molar-refractivity contribution in [2.24, 2.45) is 0 Å². The van der Waals surface area contributed by atoms with Crippen LogP contribution in [0.15, 0.2) is 61.2 Å². The highest BCUT2D eigenvalue weighted by Crippen LogP contribution is 2.36. The van der Waals surface area contributed by atoms with Gasteiger partial charge in [0.15, 0.2) is 6.29 Å². The molecule has 0 aliphatic rings. The smallest absolute Gasteiger partial charge is 0.392 e. The highest BCUT2D eigenvalue weighted by Gasteiger charge is 2.37. The first kappa shape index (κ1) is 26.8. The first-order valence-electron chi connectivity index (χ1n) is 9.99. The minimum atomic E-state index is -4.99. The lowest BCUT2D eigenvalue weighted by molar-refractivity contribution is -0.155. The fraction of sp³-hybridized carbons (Fsp3) is 0.391. The van der Waals surface area contributed by atoms with E-state index in [1.807, 2.05) is 0 Å². The minimum Gasteiger partial charge on any atom is -0.392 e. The molecule has 0 radical (unpaired) electrons. The highest BCUT2D eigenvalue weighted by molar-refractivity contribution is 5.33. The SMILES string of the molecule is C=CCN(C[C@H](C)O)[C@@H](c1ccccc1)C(O)OCc1cc(C(F)(F)F)cc(C(F)(F)F)c1. The molecule has 0 saturated heterocycles. The van der Waals surface area contributed by atoms with Crippen molar-refractivity contribution in [2.75, 3.05) is 13.1 Å². The first-order chi connectivity index (χ1) is 15.3. The number of halogens is 6. The largest absolute Gasteiger partial charge is 0.416 e. The van der Waals surface area contributed by atoms with E-state index in [9.17, 15) is 36.6 Å². The second-order valence-electron chi connectivity index (χ2n) is 7.56. The van der Waals surface area contributed by atoms with Crippen LogP contribution >= 0.6 is 0 Å². The number of nitrogens with zero attached hydrogens (tertiary/aromatic N) is 1. The Morgan fingerprint density at radius 3 is 1.97 bits per heavy atom. The van der Waals surface area contributed by atoms with Crippen LogP contribution in [0.5, 0.6) is 0 Å². The Balaban J connectivity index is 2.34. The standard InChI is InChI=1S/C23H25F6NO3/c1-3-9-30(13-15(2)31)20(17-7-5-4-6-8-17)21(32)33-14-16-10-18(22(24,25)26)12-19(11-16)23(27,28)29/h3-8,10-12,15,20-21,31-32H,1,9,13-14H2,2H3/t15-,20-,21?/m0/s1. The number of benzene rings is 2. The maximum atomic E-state index is 13.1. The second-order valence-corrected chi connectivity index (χ2v) is 7.56. The van der Waals surface area contributed by atoms with E-state index in [-0.39, 0.29) is 19.2 Å². The summed E-state index contributed by atoms with van der Waals surface area (Å²) < 4.78 is 83.9. The monoisotopic (exact) mass is 477 g/mol. The number of hydrogen-bond acceptors (Lipinski definition) is 4. The van der Waals surface area contributed by atoms with Gasteiger partial charge in [0.2, 0.25) is 0 Å². The van der Waals surface area contributed by atoms with Gasteiger partial charge in [-0.15, -0.1) is 6.58 Å².